The first-order valence-corrected chi connectivity index (χ1v) is 9.20. The molecule has 1 unspecified atom stereocenters. The Morgan fingerprint density at radius 2 is 1.88 bits per heavy atom. The molecule has 146 valence electrons. The first kappa shape index (κ1) is 21.9. The third kappa shape index (κ3) is 5.16. The van der Waals surface area contributed by atoms with E-state index in [-0.39, 0.29) is 28.9 Å². The van der Waals surface area contributed by atoms with E-state index in [4.69, 9.17) is 9.47 Å². The van der Waals surface area contributed by atoms with E-state index in [0.29, 0.717) is 0 Å². The normalized spacial score (nSPS) is 13.9. The fraction of sp³-hybridized carbons (Fsp3) is 0.500. The fourth-order valence-electron chi connectivity index (χ4n) is 2.16. The molecule has 0 saturated carbocycles. The Morgan fingerprint density at radius 1 is 1.27 bits per heavy atom. The van der Waals surface area contributed by atoms with E-state index < -0.39 is 27.4 Å². The molecule has 0 aliphatic heterocycles. The second kappa shape index (κ2) is 8.47. The van der Waals surface area contributed by atoms with Crippen molar-refractivity contribution in [2.45, 2.75) is 37.2 Å². The highest BCUT2D eigenvalue weighted by Gasteiger charge is 2.35. The van der Waals surface area contributed by atoms with Gasteiger partial charge in [-0.1, -0.05) is 0 Å². The molecule has 0 aliphatic carbocycles. The number of methoxy groups -OCH3 is 2. The van der Waals surface area contributed by atoms with Gasteiger partial charge in [-0.25, -0.2) is 17.9 Å². The molecule has 1 aromatic rings. The molecule has 0 radical (unpaired) electrons. The summed E-state index contributed by atoms with van der Waals surface area (Å²) in [5, 5.41) is 11.7. The van der Waals surface area contributed by atoms with Gasteiger partial charge in [0, 0.05) is 18.7 Å². The summed E-state index contributed by atoms with van der Waals surface area (Å²) in [6, 6.07) is 3.45. The van der Waals surface area contributed by atoms with Gasteiger partial charge >= 0.3 is 5.97 Å². The van der Waals surface area contributed by atoms with Gasteiger partial charge in [-0.2, -0.15) is 0 Å². The van der Waals surface area contributed by atoms with Crippen molar-refractivity contribution >= 4 is 21.9 Å². The van der Waals surface area contributed by atoms with Crippen LogP contribution in [0.15, 0.2) is 23.1 Å². The minimum atomic E-state index is -3.92. The Labute approximate surface area is 152 Å². The largest absolute Gasteiger partial charge is 0.495 e. The van der Waals surface area contributed by atoms with Crippen molar-refractivity contribution in [2.24, 2.45) is 0 Å². The maximum absolute atomic E-state index is 12.5. The number of sulfonamides is 1. The molecular weight excluding hydrogens is 364 g/mol. The number of aliphatic carboxylic acids is 1. The number of rotatable bonds is 9. The molecule has 1 atom stereocenters. The molecule has 0 aromatic heterocycles. The maximum Gasteiger partial charge on any atom is 0.331 e. The van der Waals surface area contributed by atoms with Gasteiger partial charge < -0.3 is 19.9 Å². The van der Waals surface area contributed by atoms with Crippen LogP contribution in [0.2, 0.25) is 0 Å². The predicted octanol–water partition coefficient (Wildman–Crippen LogP) is 0.601. The fourth-order valence-corrected chi connectivity index (χ4v) is 3.61. The van der Waals surface area contributed by atoms with Crippen LogP contribution in [0.1, 0.15) is 31.1 Å². The van der Waals surface area contributed by atoms with Crippen molar-refractivity contribution in [3.05, 3.63) is 23.8 Å². The molecule has 0 aliphatic rings. The molecule has 0 spiro atoms. The van der Waals surface area contributed by atoms with E-state index in [1.807, 2.05) is 0 Å². The third-order valence-electron chi connectivity index (χ3n) is 3.40. The van der Waals surface area contributed by atoms with Crippen LogP contribution in [0.3, 0.4) is 0 Å². The van der Waals surface area contributed by atoms with Gasteiger partial charge in [0.15, 0.2) is 5.54 Å². The quantitative estimate of drug-likeness (QED) is 0.564. The summed E-state index contributed by atoms with van der Waals surface area (Å²) in [6.45, 7) is 4.34. The third-order valence-corrected chi connectivity index (χ3v) is 5.08. The van der Waals surface area contributed by atoms with E-state index >= 15 is 0 Å². The number of hydrogen-bond donors (Lipinski definition) is 3. The van der Waals surface area contributed by atoms with Crippen molar-refractivity contribution in [3.8, 4) is 5.75 Å². The van der Waals surface area contributed by atoms with Gasteiger partial charge in [-0.15, -0.1) is 0 Å². The Morgan fingerprint density at radius 3 is 2.35 bits per heavy atom. The molecule has 9 nitrogen and oxygen atoms in total. The van der Waals surface area contributed by atoms with E-state index in [1.165, 1.54) is 33.3 Å². The summed E-state index contributed by atoms with van der Waals surface area (Å²) in [4.78, 5) is 23.6. The van der Waals surface area contributed by atoms with Crippen LogP contribution >= 0.6 is 0 Å². The van der Waals surface area contributed by atoms with Gasteiger partial charge in [-0.3, -0.25) is 4.79 Å². The lowest BCUT2D eigenvalue weighted by atomic mass is 10.0. The molecular formula is C16H24N2O7S. The van der Waals surface area contributed by atoms with Crippen LogP contribution in [-0.2, 0) is 19.6 Å². The zero-order chi connectivity index (χ0) is 20.1. The summed E-state index contributed by atoms with van der Waals surface area (Å²) < 4.78 is 37.2. The van der Waals surface area contributed by atoms with Gasteiger partial charge in [0.1, 0.15) is 10.6 Å². The molecule has 0 bridgehead atoms. The van der Waals surface area contributed by atoms with Gasteiger partial charge in [0.25, 0.3) is 5.91 Å². The molecule has 0 heterocycles. The van der Waals surface area contributed by atoms with Crippen LogP contribution in [0.4, 0.5) is 0 Å². The predicted molar refractivity (Wildman–Crippen MR) is 93.8 cm³/mol. The lowest BCUT2D eigenvalue weighted by Crippen LogP contribution is -2.55. The average molecular weight is 388 g/mol. The highest BCUT2D eigenvalue weighted by atomic mass is 32.2. The monoisotopic (exact) mass is 388 g/mol. The lowest BCUT2D eigenvalue weighted by molar-refractivity contribution is -0.145. The Hall–Kier alpha value is -2.17. The second-order valence-corrected chi connectivity index (χ2v) is 7.85. The van der Waals surface area contributed by atoms with Crippen molar-refractivity contribution in [2.75, 3.05) is 20.8 Å². The summed E-state index contributed by atoms with van der Waals surface area (Å²) in [6.07, 6.45) is 0. The molecule has 1 aromatic carbocycles. The Balaban J connectivity index is 3.28. The number of carboxylic acid groups (broad SMARTS) is 1. The molecule has 1 rings (SSSR count). The molecule has 3 N–H and O–H groups in total. The summed E-state index contributed by atoms with van der Waals surface area (Å²) in [5.74, 6) is -1.97. The average Bonchev–Trinajstić information content (AvgIpc) is 2.53. The zero-order valence-corrected chi connectivity index (χ0v) is 16.1. The molecule has 1 amide bonds. The number of benzene rings is 1. The van der Waals surface area contributed by atoms with E-state index in [2.05, 4.69) is 10.0 Å². The summed E-state index contributed by atoms with van der Waals surface area (Å²) >= 11 is 0. The number of carboxylic acids is 1. The van der Waals surface area contributed by atoms with Crippen LogP contribution in [0.25, 0.3) is 0 Å². The number of amides is 1. The Kier molecular flexibility index (Phi) is 7.13. The van der Waals surface area contributed by atoms with Crippen molar-refractivity contribution in [1.29, 1.82) is 0 Å². The minimum Gasteiger partial charge on any atom is -0.495 e. The van der Waals surface area contributed by atoms with E-state index in [9.17, 15) is 23.1 Å². The first-order valence-electron chi connectivity index (χ1n) is 7.72. The Bertz CT molecular complexity index is 777. The number of nitrogens with one attached hydrogen (secondary N) is 2. The second-order valence-electron chi connectivity index (χ2n) is 6.17. The van der Waals surface area contributed by atoms with Crippen LogP contribution < -0.4 is 14.8 Å². The smallest absolute Gasteiger partial charge is 0.331 e. The summed E-state index contributed by atoms with van der Waals surface area (Å²) in [7, 11) is -1.31. The molecule has 0 fully saturated rings. The van der Waals surface area contributed by atoms with Crippen molar-refractivity contribution in [3.63, 3.8) is 0 Å². The molecule has 0 saturated heterocycles. The molecule has 10 heteroatoms. The SMILES string of the molecule is COCC(C)(NC(=O)c1ccc(OC)c(S(=O)(=O)NC(C)C)c1)C(=O)O. The standard InChI is InChI=1S/C16H24N2O7S/c1-10(2)18-26(22,23)13-8-11(6-7-12(13)25-5)14(19)17-16(3,9-24-4)15(20)21/h6-8,10,18H,9H2,1-5H3,(H,17,19)(H,20,21). The lowest BCUT2D eigenvalue weighted by Gasteiger charge is -2.25. The zero-order valence-electron chi connectivity index (χ0n) is 15.3. The van der Waals surface area contributed by atoms with E-state index in [0.717, 1.165) is 6.07 Å². The highest BCUT2D eigenvalue weighted by Crippen LogP contribution is 2.25. The molecule has 26 heavy (non-hydrogen) atoms. The van der Waals surface area contributed by atoms with Crippen molar-refractivity contribution in [1.82, 2.24) is 10.0 Å². The maximum atomic E-state index is 12.5. The number of carbonyl (C=O) groups excluding carboxylic acids is 1. The minimum absolute atomic E-state index is 0.0292. The van der Waals surface area contributed by atoms with Gasteiger partial charge in [-0.05, 0) is 39.0 Å². The summed E-state index contributed by atoms with van der Waals surface area (Å²) in [5.41, 5.74) is -1.69. The van der Waals surface area contributed by atoms with Crippen LogP contribution in [0, 0.1) is 0 Å². The topological polar surface area (TPSA) is 131 Å². The van der Waals surface area contributed by atoms with E-state index in [1.54, 1.807) is 13.8 Å². The van der Waals surface area contributed by atoms with Crippen LogP contribution in [-0.4, -0.2) is 57.8 Å². The van der Waals surface area contributed by atoms with Gasteiger partial charge in [0.2, 0.25) is 10.0 Å². The first-order chi connectivity index (χ1) is 12.0. The number of hydrogen-bond acceptors (Lipinski definition) is 6. The van der Waals surface area contributed by atoms with Gasteiger partial charge in [0.05, 0.1) is 13.7 Å². The highest BCUT2D eigenvalue weighted by molar-refractivity contribution is 7.89. The number of ether oxygens (including phenoxy) is 2. The van der Waals surface area contributed by atoms with Crippen molar-refractivity contribution < 1.29 is 32.6 Å². The number of carbonyl (C=O) groups is 2. The van der Waals surface area contributed by atoms with Crippen LogP contribution in [0.5, 0.6) is 5.75 Å².